The smallest absolute Gasteiger partial charge is 0.135 e. The molecule has 266 valence electrons. The second-order valence-corrected chi connectivity index (χ2v) is 14.3. The van der Waals surface area contributed by atoms with Gasteiger partial charge < -0.3 is 13.6 Å². The summed E-state index contributed by atoms with van der Waals surface area (Å²) in [4.78, 5) is 0. The van der Waals surface area contributed by atoms with E-state index in [0.29, 0.717) is 22.4 Å². The quantitative estimate of drug-likeness (QED) is 0.173. The molecular formula is C54H34N2O. The number of fused-ring (bicyclic) bond motifs is 9. The lowest BCUT2D eigenvalue weighted by atomic mass is 9.97. The zero-order valence-electron chi connectivity index (χ0n) is 37.4. The van der Waals surface area contributed by atoms with Gasteiger partial charge in [-0.25, -0.2) is 0 Å². The van der Waals surface area contributed by atoms with E-state index >= 15 is 0 Å². The number of hydrogen-bond acceptors (Lipinski definition) is 1. The minimum atomic E-state index is -0.436. The zero-order valence-corrected chi connectivity index (χ0v) is 30.4. The molecule has 0 saturated heterocycles. The van der Waals surface area contributed by atoms with Crippen LogP contribution in [0.2, 0.25) is 0 Å². The molecule has 0 spiro atoms. The van der Waals surface area contributed by atoms with E-state index < -0.39 is 12.1 Å². The van der Waals surface area contributed by atoms with E-state index in [0.717, 1.165) is 60.5 Å². The van der Waals surface area contributed by atoms with Gasteiger partial charge in [0.25, 0.3) is 0 Å². The van der Waals surface area contributed by atoms with Crippen molar-refractivity contribution in [2.75, 3.05) is 0 Å². The molecule has 3 heterocycles. The van der Waals surface area contributed by atoms with Gasteiger partial charge in [0, 0.05) is 43.6 Å². The summed E-state index contributed by atoms with van der Waals surface area (Å²) in [6, 6.07) is 52.3. The maximum atomic E-state index is 10.00. The Balaban J connectivity index is 1.17. The van der Waals surface area contributed by atoms with Gasteiger partial charge in [-0.05, 0) is 94.5 Å². The SMILES string of the molecule is [2H]c1c([2H])c([2H])c2c(c1[2H])c1c([2H])c(-c3ccc4c(c3)c3c(-c5ccccc5)cccc3n4-c3ccccc3-c3ccccc3)c([2H])c([2H])c1n2-c1ccc2oc3ccccc3c2c1. The van der Waals surface area contributed by atoms with Gasteiger partial charge in [-0.15, -0.1) is 0 Å². The molecule has 12 rings (SSSR count). The first kappa shape index (κ1) is 25.5. The van der Waals surface area contributed by atoms with Crippen molar-refractivity contribution in [2.45, 2.75) is 0 Å². The van der Waals surface area contributed by atoms with Gasteiger partial charge in [0.05, 0.1) is 37.3 Å². The Morgan fingerprint density at radius 2 is 1.11 bits per heavy atom. The number of nitrogens with zero attached hydrogens (tertiary/aromatic N) is 2. The number of hydrogen-bond donors (Lipinski definition) is 0. The van der Waals surface area contributed by atoms with E-state index in [1.54, 1.807) is 10.6 Å². The number of rotatable bonds is 5. The molecule has 0 amide bonds. The van der Waals surface area contributed by atoms with Gasteiger partial charge in [0.2, 0.25) is 0 Å². The third-order valence-corrected chi connectivity index (χ3v) is 11.2. The van der Waals surface area contributed by atoms with Crippen molar-refractivity contribution >= 4 is 65.6 Å². The highest BCUT2D eigenvalue weighted by molar-refractivity contribution is 6.17. The van der Waals surface area contributed by atoms with Crippen molar-refractivity contribution in [3.8, 4) is 44.8 Å². The molecule has 57 heavy (non-hydrogen) atoms. The van der Waals surface area contributed by atoms with Crippen molar-refractivity contribution in [1.82, 2.24) is 9.13 Å². The fourth-order valence-corrected chi connectivity index (χ4v) is 8.64. The monoisotopic (exact) mass is 733 g/mol. The third kappa shape index (κ3) is 4.86. The van der Waals surface area contributed by atoms with Gasteiger partial charge in [-0.1, -0.05) is 139 Å². The highest BCUT2D eigenvalue weighted by atomic mass is 16.3. The minimum absolute atomic E-state index is 0.0968. The molecule has 0 atom stereocenters. The van der Waals surface area contributed by atoms with Crippen LogP contribution in [0.1, 0.15) is 9.60 Å². The maximum Gasteiger partial charge on any atom is 0.135 e. The van der Waals surface area contributed by atoms with E-state index in [-0.39, 0.29) is 57.6 Å². The van der Waals surface area contributed by atoms with E-state index in [9.17, 15) is 6.85 Å². The molecule has 9 aromatic carbocycles. The second-order valence-electron chi connectivity index (χ2n) is 14.3. The molecule has 12 aromatic rings. The van der Waals surface area contributed by atoms with E-state index in [1.807, 2.05) is 103 Å². The topological polar surface area (TPSA) is 23.0 Å². The van der Waals surface area contributed by atoms with Crippen LogP contribution in [-0.4, -0.2) is 9.13 Å². The summed E-state index contributed by atoms with van der Waals surface area (Å²) in [5.74, 6) is 0. The predicted octanol–water partition coefficient (Wildman–Crippen LogP) is 14.8. The summed E-state index contributed by atoms with van der Waals surface area (Å²) in [7, 11) is 0. The molecular weight excluding hydrogens is 693 g/mol. The van der Waals surface area contributed by atoms with Crippen LogP contribution in [0.15, 0.2) is 211 Å². The molecule has 3 nitrogen and oxygen atoms in total. The van der Waals surface area contributed by atoms with Crippen LogP contribution in [0.5, 0.6) is 0 Å². The Morgan fingerprint density at radius 1 is 0.386 bits per heavy atom. The van der Waals surface area contributed by atoms with Gasteiger partial charge >= 0.3 is 0 Å². The van der Waals surface area contributed by atoms with E-state index in [4.69, 9.17) is 7.16 Å². The van der Waals surface area contributed by atoms with Crippen molar-refractivity contribution in [3.05, 3.63) is 206 Å². The van der Waals surface area contributed by atoms with Gasteiger partial charge in [-0.3, -0.25) is 0 Å². The van der Waals surface area contributed by atoms with E-state index in [2.05, 4.69) is 59.2 Å². The highest BCUT2D eigenvalue weighted by Crippen LogP contribution is 2.43. The normalized spacial score (nSPS) is 13.6. The van der Waals surface area contributed by atoms with Gasteiger partial charge in [-0.2, -0.15) is 0 Å². The van der Waals surface area contributed by atoms with Crippen LogP contribution in [0, 0.1) is 0 Å². The summed E-state index contributed by atoms with van der Waals surface area (Å²) in [6.07, 6.45) is 0. The summed E-state index contributed by atoms with van der Waals surface area (Å²) in [5.41, 5.74) is 9.98. The standard InChI is InChI=1S/C54H34N2O/c1-3-14-35(15-4-1)40-18-7-10-22-47(40)56-50-30-27-38(33-46(50)54-41(21-13-24-51(54)56)36-16-5-2-6-17-36)37-26-29-49-44(32-37)42-19-8-11-23-48(42)55(49)39-28-31-53-45(34-39)43-20-9-12-25-52(43)57-53/h1-34H/i8D,11D,19D,23D,26D,29D,32D. The summed E-state index contributed by atoms with van der Waals surface area (Å²) in [5, 5.41) is 3.85. The summed E-state index contributed by atoms with van der Waals surface area (Å²) >= 11 is 0. The van der Waals surface area contributed by atoms with Crippen molar-refractivity contribution in [2.24, 2.45) is 0 Å². The third-order valence-electron chi connectivity index (χ3n) is 11.2. The van der Waals surface area contributed by atoms with Crippen LogP contribution in [0.25, 0.3) is 110 Å². The van der Waals surface area contributed by atoms with Crippen molar-refractivity contribution in [3.63, 3.8) is 0 Å². The van der Waals surface area contributed by atoms with Crippen molar-refractivity contribution < 1.29 is 14.0 Å². The Kier molecular flexibility index (Phi) is 5.56. The zero-order chi connectivity index (χ0) is 43.5. The average Bonchev–Trinajstić information content (AvgIpc) is 4.01. The lowest BCUT2D eigenvalue weighted by molar-refractivity contribution is 0.669. The van der Waals surface area contributed by atoms with Crippen LogP contribution in [-0.2, 0) is 0 Å². The maximum absolute atomic E-state index is 10.00. The van der Waals surface area contributed by atoms with E-state index in [1.165, 1.54) is 0 Å². The number of para-hydroxylation sites is 3. The molecule has 0 aliphatic heterocycles. The molecule has 0 unspecified atom stereocenters. The van der Waals surface area contributed by atoms with Crippen molar-refractivity contribution in [1.29, 1.82) is 0 Å². The molecule has 0 aliphatic carbocycles. The first-order valence-corrected chi connectivity index (χ1v) is 18.9. The molecule has 0 N–H and O–H groups in total. The van der Waals surface area contributed by atoms with Crippen LogP contribution in [0.4, 0.5) is 0 Å². The van der Waals surface area contributed by atoms with Gasteiger partial charge in [0.1, 0.15) is 11.2 Å². The van der Waals surface area contributed by atoms with Crippen LogP contribution in [0.3, 0.4) is 0 Å². The molecule has 0 aliphatic rings. The Hall–Kier alpha value is -7.62. The number of furan rings is 1. The lowest BCUT2D eigenvalue weighted by Gasteiger charge is -2.14. The largest absolute Gasteiger partial charge is 0.456 e. The molecule has 0 radical (unpaired) electrons. The fraction of sp³-hybridized carbons (Fsp3) is 0. The summed E-state index contributed by atoms with van der Waals surface area (Å²) in [6.45, 7) is 0. The number of benzene rings is 9. The second kappa shape index (κ2) is 12.5. The van der Waals surface area contributed by atoms with Crippen LogP contribution >= 0.6 is 0 Å². The molecule has 0 bridgehead atoms. The Morgan fingerprint density at radius 3 is 1.98 bits per heavy atom. The molecule has 3 heteroatoms. The van der Waals surface area contributed by atoms with Gasteiger partial charge in [0.15, 0.2) is 0 Å². The average molecular weight is 734 g/mol. The Bertz CT molecular complexity index is 3930. The lowest BCUT2D eigenvalue weighted by Crippen LogP contribution is -1.97. The first-order chi connectivity index (χ1) is 31.2. The molecule has 0 saturated carbocycles. The summed E-state index contributed by atoms with van der Waals surface area (Å²) < 4.78 is 75.4. The number of aromatic nitrogens is 2. The minimum Gasteiger partial charge on any atom is -0.456 e. The first-order valence-electron chi connectivity index (χ1n) is 22.4. The molecule has 3 aromatic heterocycles. The predicted molar refractivity (Wildman–Crippen MR) is 239 cm³/mol. The highest BCUT2D eigenvalue weighted by Gasteiger charge is 2.20. The fourth-order valence-electron chi connectivity index (χ4n) is 8.64. The molecule has 0 fully saturated rings. The Labute approximate surface area is 338 Å². The van der Waals surface area contributed by atoms with Crippen LogP contribution < -0.4 is 0 Å².